The number of benzene rings is 2. The minimum atomic E-state index is 0.632. The van der Waals surface area contributed by atoms with E-state index in [0.29, 0.717) is 23.2 Å². The maximum absolute atomic E-state index is 6.04. The van der Waals surface area contributed by atoms with Crippen LogP contribution in [0.4, 0.5) is 0 Å². The maximum Gasteiger partial charge on any atom is 0.214 e. The Labute approximate surface area is 190 Å². The Morgan fingerprint density at radius 2 is 1.78 bits per heavy atom. The van der Waals surface area contributed by atoms with Crippen LogP contribution in [0.1, 0.15) is 18.4 Å². The molecule has 2 aliphatic rings. The van der Waals surface area contributed by atoms with Gasteiger partial charge in [-0.2, -0.15) is 0 Å². The predicted octanol–water partition coefficient (Wildman–Crippen LogP) is 4.41. The molecule has 2 aromatic carbocycles. The molecular weight excluding hydrogens is 428 g/mol. The molecule has 1 aliphatic carbocycles. The van der Waals surface area contributed by atoms with Crippen LogP contribution in [0.5, 0.6) is 23.0 Å². The second-order valence-electron chi connectivity index (χ2n) is 7.59. The summed E-state index contributed by atoms with van der Waals surface area (Å²) >= 11 is 1.50. The minimum Gasteiger partial charge on any atom is -0.497 e. The molecule has 3 aromatic rings. The van der Waals surface area contributed by atoms with E-state index in [9.17, 15) is 0 Å². The first kappa shape index (κ1) is 20.6. The summed E-state index contributed by atoms with van der Waals surface area (Å²) in [5.41, 5.74) is 6.10. The molecule has 0 bridgehead atoms. The maximum atomic E-state index is 6.04. The number of hydrogen-bond donors (Lipinski definition) is 1. The van der Waals surface area contributed by atoms with Gasteiger partial charge >= 0.3 is 0 Å². The predicted molar refractivity (Wildman–Crippen MR) is 123 cm³/mol. The first-order chi connectivity index (χ1) is 15.7. The monoisotopic (exact) mass is 452 g/mol. The average molecular weight is 453 g/mol. The molecule has 0 atom stereocenters. The Morgan fingerprint density at radius 1 is 0.969 bits per heavy atom. The molecule has 166 valence electrons. The Bertz CT molecular complexity index is 1170. The van der Waals surface area contributed by atoms with Crippen LogP contribution in [0.15, 0.2) is 47.0 Å². The van der Waals surface area contributed by atoms with E-state index in [-0.39, 0.29) is 0 Å². The summed E-state index contributed by atoms with van der Waals surface area (Å²) in [6, 6.07) is 11.5. The molecular formula is C23H24N4O4S. The number of nitrogens with zero attached hydrogens (tertiary/aromatic N) is 3. The van der Waals surface area contributed by atoms with Crippen LogP contribution in [-0.4, -0.2) is 42.8 Å². The number of rotatable bonds is 8. The van der Waals surface area contributed by atoms with Crippen LogP contribution < -0.4 is 24.4 Å². The second kappa shape index (κ2) is 8.66. The quantitative estimate of drug-likeness (QED) is 0.539. The topological polar surface area (TPSA) is 79.7 Å². The Kier molecular flexibility index (Phi) is 5.57. The van der Waals surface area contributed by atoms with Gasteiger partial charge in [0, 0.05) is 11.0 Å². The zero-order valence-electron chi connectivity index (χ0n) is 18.1. The van der Waals surface area contributed by atoms with Crippen LogP contribution in [0, 0.1) is 5.92 Å². The van der Waals surface area contributed by atoms with E-state index in [2.05, 4.69) is 15.6 Å². The van der Waals surface area contributed by atoms with Gasteiger partial charge in [0.2, 0.25) is 5.16 Å². The molecule has 1 fully saturated rings. The van der Waals surface area contributed by atoms with E-state index in [0.717, 1.165) is 40.1 Å². The third kappa shape index (κ3) is 3.95. The number of ether oxygens (including phenoxy) is 4. The highest BCUT2D eigenvalue weighted by Gasteiger charge is 2.24. The fourth-order valence-corrected chi connectivity index (χ4v) is 4.19. The Hall–Kier alpha value is -3.33. The average Bonchev–Trinajstić information content (AvgIpc) is 3.58. The molecule has 0 saturated heterocycles. The van der Waals surface area contributed by atoms with Crippen molar-refractivity contribution in [1.82, 2.24) is 14.9 Å². The van der Waals surface area contributed by atoms with Crippen molar-refractivity contribution in [1.29, 1.82) is 0 Å². The molecule has 9 heteroatoms. The first-order valence-electron chi connectivity index (χ1n) is 10.3. The number of aromatic nitrogens is 3. The van der Waals surface area contributed by atoms with E-state index < -0.39 is 0 Å². The fraction of sp³-hybridized carbons (Fsp3) is 0.304. The molecule has 1 saturated carbocycles. The Morgan fingerprint density at radius 3 is 2.53 bits per heavy atom. The standard InChI is InChI=1S/C23H24N4O4S/c1-28-16-7-9-19(29-2)17(11-16)22-24-25-23-27(22)26-18(13-32-23)15-6-8-20(30-3)21(10-15)31-12-14-4-5-14/h6-11,13-14,26H,4-5,12H2,1-3H3. The van der Waals surface area contributed by atoms with Gasteiger partial charge in [0.1, 0.15) is 11.5 Å². The lowest BCUT2D eigenvalue weighted by molar-refractivity contribution is 0.280. The molecule has 1 aromatic heterocycles. The van der Waals surface area contributed by atoms with E-state index in [1.165, 1.54) is 24.6 Å². The fourth-order valence-electron chi connectivity index (χ4n) is 3.45. The lowest BCUT2D eigenvalue weighted by atomic mass is 10.1. The zero-order chi connectivity index (χ0) is 22.1. The number of hydrogen-bond acceptors (Lipinski definition) is 8. The molecule has 0 spiro atoms. The largest absolute Gasteiger partial charge is 0.497 e. The summed E-state index contributed by atoms with van der Waals surface area (Å²) in [7, 11) is 4.92. The summed E-state index contributed by atoms with van der Waals surface area (Å²) in [4.78, 5) is 0. The molecule has 8 nitrogen and oxygen atoms in total. The molecule has 0 unspecified atom stereocenters. The van der Waals surface area contributed by atoms with Crippen molar-refractivity contribution >= 4 is 17.5 Å². The second-order valence-corrected chi connectivity index (χ2v) is 8.43. The molecule has 1 aliphatic heterocycles. The summed E-state index contributed by atoms with van der Waals surface area (Å²) in [6.07, 6.45) is 2.47. The van der Waals surface area contributed by atoms with Gasteiger partial charge in [0.05, 0.1) is 39.2 Å². The van der Waals surface area contributed by atoms with Crippen molar-refractivity contribution in [3.63, 3.8) is 0 Å². The van der Waals surface area contributed by atoms with E-state index in [1.807, 2.05) is 46.5 Å². The highest BCUT2D eigenvalue weighted by Crippen LogP contribution is 2.38. The molecule has 32 heavy (non-hydrogen) atoms. The minimum absolute atomic E-state index is 0.632. The number of thioether (sulfide) groups is 1. The number of nitrogens with one attached hydrogen (secondary N) is 1. The number of fused-ring (bicyclic) bond motifs is 1. The van der Waals surface area contributed by atoms with Crippen molar-refractivity contribution in [2.24, 2.45) is 5.92 Å². The number of methoxy groups -OCH3 is 3. The molecule has 2 heterocycles. The third-order valence-electron chi connectivity index (χ3n) is 5.44. The smallest absolute Gasteiger partial charge is 0.214 e. The van der Waals surface area contributed by atoms with E-state index in [1.54, 1.807) is 21.3 Å². The van der Waals surface area contributed by atoms with Gasteiger partial charge in [-0.3, -0.25) is 5.43 Å². The lowest BCUT2D eigenvalue weighted by Gasteiger charge is -2.21. The highest BCUT2D eigenvalue weighted by atomic mass is 32.2. The van der Waals surface area contributed by atoms with Crippen molar-refractivity contribution < 1.29 is 18.9 Å². The third-order valence-corrected chi connectivity index (χ3v) is 6.27. The van der Waals surface area contributed by atoms with Gasteiger partial charge in [-0.05, 0) is 55.2 Å². The zero-order valence-corrected chi connectivity index (χ0v) is 18.9. The van der Waals surface area contributed by atoms with E-state index in [4.69, 9.17) is 18.9 Å². The Balaban J connectivity index is 1.46. The lowest BCUT2D eigenvalue weighted by Crippen LogP contribution is -2.18. The van der Waals surface area contributed by atoms with Gasteiger partial charge in [-0.15, -0.1) is 10.2 Å². The van der Waals surface area contributed by atoms with Gasteiger partial charge in [-0.1, -0.05) is 11.8 Å². The van der Waals surface area contributed by atoms with Gasteiger partial charge in [-0.25, -0.2) is 4.68 Å². The highest BCUT2D eigenvalue weighted by molar-refractivity contribution is 8.02. The summed E-state index contributed by atoms with van der Waals surface area (Å²) < 4.78 is 24.3. The van der Waals surface area contributed by atoms with Crippen molar-refractivity contribution in [2.75, 3.05) is 33.4 Å². The summed E-state index contributed by atoms with van der Waals surface area (Å²) in [5, 5.41) is 11.5. The van der Waals surface area contributed by atoms with Gasteiger partial charge in [0.15, 0.2) is 17.3 Å². The SMILES string of the molecule is COc1ccc(OC)c(-c2nnc3n2NC(c2ccc(OC)c(OCC4CC4)c2)=CS3)c1. The van der Waals surface area contributed by atoms with Crippen molar-refractivity contribution in [3.8, 4) is 34.4 Å². The molecule has 1 N–H and O–H groups in total. The van der Waals surface area contributed by atoms with Gasteiger partial charge in [0.25, 0.3) is 0 Å². The summed E-state index contributed by atoms with van der Waals surface area (Å²) in [5.74, 6) is 4.16. The molecule has 5 rings (SSSR count). The van der Waals surface area contributed by atoms with Crippen molar-refractivity contribution in [3.05, 3.63) is 47.4 Å². The molecule has 0 amide bonds. The van der Waals surface area contributed by atoms with Crippen LogP contribution in [-0.2, 0) is 0 Å². The van der Waals surface area contributed by atoms with Crippen molar-refractivity contribution in [2.45, 2.75) is 18.0 Å². The van der Waals surface area contributed by atoms with Crippen LogP contribution >= 0.6 is 11.8 Å². The normalized spacial score (nSPS) is 14.8. The van der Waals surface area contributed by atoms with Crippen LogP contribution in [0.3, 0.4) is 0 Å². The van der Waals surface area contributed by atoms with Crippen LogP contribution in [0.25, 0.3) is 17.1 Å². The van der Waals surface area contributed by atoms with E-state index >= 15 is 0 Å². The molecule has 0 radical (unpaired) electrons. The summed E-state index contributed by atoms with van der Waals surface area (Å²) in [6.45, 7) is 0.719. The van der Waals surface area contributed by atoms with Crippen LogP contribution in [0.2, 0.25) is 0 Å². The van der Waals surface area contributed by atoms with Gasteiger partial charge < -0.3 is 18.9 Å². The first-order valence-corrected chi connectivity index (χ1v) is 11.2.